The molecule has 0 N–H and O–H groups in total. The highest BCUT2D eigenvalue weighted by molar-refractivity contribution is 7.07. The van der Waals surface area contributed by atoms with Gasteiger partial charge in [0.1, 0.15) is 4.66 Å². The van der Waals surface area contributed by atoms with E-state index in [-0.39, 0.29) is 24.5 Å². The molecule has 0 bridgehead atoms. The number of carbonyl (C=O) groups excluding carboxylic acids is 2. The van der Waals surface area contributed by atoms with E-state index < -0.39 is 5.97 Å². The van der Waals surface area contributed by atoms with Crippen LogP contribution in [0.5, 0.6) is 0 Å². The summed E-state index contributed by atoms with van der Waals surface area (Å²) in [6.45, 7) is 1.69. The third-order valence-corrected chi connectivity index (χ3v) is 5.66. The van der Waals surface area contributed by atoms with Crippen LogP contribution in [0.15, 0.2) is 53.3 Å². The predicted octanol–water partition coefficient (Wildman–Crippen LogP) is 3.27. The number of esters is 1. The van der Waals surface area contributed by atoms with Gasteiger partial charge in [-0.2, -0.15) is 0 Å². The monoisotopic (exact) mass is 461 g/mol. The maximum Gasteiger partial charge on any atom is 0.333 e. The number of benzene rings is 2. The molecule has 154 valence electrons. The van der Waals surface area contributed by atoms with Crippen molar-refractivity contribution in [1.29, 1.82) is 0 Å². The average Bonchev–Trinajstić information content (AvgIpc) is 2.99. The minimum absolute atomic E-state index is 0.207. The number of ketones is 1. The molecule has 2 aromatic carbocycles. The summed E-state index contributed by atoms with van der Waals surface area (Å²) in [5.41, 5.74) is 0.826. The van der Waals surface area contributed by atoms with Crippen LogP contribution in [-0.4, -0.2) is 22.9 Å². The van der Waals surface area contributed by atoms with Crippen molar-refractivity contribution in [3.8, 4) is 0 Å². The molecule has 8 heteroatoms. The quantitative estimate of drug-likeness (QED) is 0.417. The van der Waals surface area contributed by atoms with Gasteiger partial charge in [0.2, 0.25) is 0 Å². The highest BCUT2D eigenvalue weighted by atomic mass is 35.5. The lowest BCUT2D eigenvalue weighted by Crippen LogP contribution is -2.34. The van der Waals surface area contributed by atoms with Crippen LogP contribution >= 0.6 is 34.5 Å². The number of nitrogens with zero attached hydrogens (tertiary/aromatic N) is 1. The van der Waals surface area contributed by atoms with E-state index in [9.17, 15) is 14.4 Å². The second kappa shape index (κ2) is 9.89. The normalized spacial score (nSPS) is 12.2. The van der Waals surface area contributed by atoms with E-state index in [1.807, 2.05) is 0 Å². The third kappa shape index (κ3) is 5.48. The second-order valence-corrected chi connectivity index (χ2v) is 8.15. The van der Waals surface area contributed by atoms with Crippen molar-refractivity contribution in [3.63, 3.8) is 0 Å². The molecule has 0 fully saturated rings. The molecule has 0 aliphatic heterocycles. The fourth-order valence-corrected chi connectivity index (χ4v) is 3.94. The van der Waals surface area contributed by atoms with E-state index in [0.717, 1.165) is 16.9 Å². The Morgan fingerprint density at radius 2 is 1.63 bits per heavy atom. The topological polar surface area (TPSA) is 65.4 Å². The lowest BCUT2D eigenvalue weighted by Gasteiger charge is -2.03. The predicted molar refractivity (Wildman–Crippen MR) is 120 cm³/mol. The average molecular weight is 462 g/mol. The third-order valence-electron chi connectivity index (χ3n) is 4.10. The minimum Gasteiger partial charge on any atom is -0.463 e. The van der Waals surface area contributed by atoms with Crippen LogP contribution in [0.25, 0.3) is 12.2 Å². The number of ether oxygens (including phenoxy) is 1. The molecule has 0 spiro atoms. The highest BCUT2D eigenvalue weighted by Crippen LogP contribution is 2.11. The van der Waals surface area contributed by atoms with E-state index in [1.54, 1.807) is 61.5 Å². The molecule has 0 unspecified atom stereocenters. The van der Waals surface area contributed by atoms with Crippen molar-refractivity contribution in [2.24, 2.45) is 0 Å². The second-order valence-electron chi connectivity index (χ2n) is 6.22. The van der Waals surface area contributed by atoms with Gasteiger partial charge in [-0.3, -0.25) is 14.2 Å². The van der Waals surface area contributed by atoms with Gasteiger partial charge in [-0.15, -0.1) is 11.3 Å². The van der Waals surface area contributed by atoms with Crippen LogP contribution in [0.1, 0.15) is 22.8 Å². The van der Waals surface area contributed by atoms with E-state index in [2.05, 4.69) is 0 Å². The van der Waals surface area contributed by atoms with Crippen LogP contribution in [0.2, 0.25) is 10.0 Å². The first kappa shape index (κ1) is 22.0. The van der Waals surface area contributed by atoms with Crippen LogP contribution < -0.4 is 14.8 Å². The smallest absolute Gasteiger partial charge is 0.333 e. The summed E-state index contributed by atoms with van der Waals surface area (Å²) in [6.07, 6.45) is 2.92. The SMILES string of the molecule is CCOC(=O)/C=c1\s/c(=C/c2ccc(Cl)cc2)c(=O)n1CC(=O)c1ccc(Cl)cc1. The lowest BCUT2D eigenvalue weighted by atomic mass is 10.1. The van der Waals surface area contributed by atoms with Crippen molar-refractivity contribution in [2.45, 2.75) is 13.5 Å². The molecule has 5 nitrogen and oxygen atoms in total. The Bertz CT molecular complexity index is 1240. The molecule has 0 saturated heterocycles. The molecule has 1 heterocycles. The van der Waals surface area contributed by atoms with E-state index in [1.165, 1.54) is 10.6 Å². The summed E-state index contributed by atoms with van der Waals surface area (Å²) < 4.78 is 6.95. The Kier molecular flexibility index (Phi) is 7.26. The molecule has 3 rings (SSSR count). The number of hydrogen-bond acceptors (Lipinski definition) is 5. The van der Waals surface area contributed by atoms with Crippen LogP contribution in [0, 0.1) is 0 Å². The molecule has 0 saturated carbocycles. The number of aromatic nitrogens is 1. The van der Waals surface area contributed by atoms with Gasteiger partial charge in [-0.25, -0.2) is 4.79 Å². The fourth-order valence-electron chi connectivity index (χ4n) is 2.66. The van der Waals surface area contributed by atoms with Gasteiger partial charge < -0.3 is 4.74 Å². The molecule has 0 atom stereocenters. The summed E-state index contributed by atoms with van der Waals surface area (Å²) in [4.78, 5) is 37.6. The zero-order chi connectivity index (χ0) is 21.7. The maximum absolute atomic E-state index is 13.0. The van der Waals surface area contributed by atoms with Gasteiger partial charge in [-0.1, -0.05) is 35.3 Å². The number of thiazole rings is 1. The Hall–Kier alpha value is -2.67. The van der Waals surface area contributed by atoms with Crippen LogP contribution in [0.3, 0.4) is 0 Å². The van der Waals surface area contributed by atoms with Crippen LogP contribution in [-0.2, 0) is 16.1 Å². The van der Waals surface area contributed by atoms with E-state index in [4.69, 9.17) is 27.9 Å². The zero-order valence-electron chi connectivity index (χ0n) is 15.9. The van der Waals surface area contributed by atoms with Gasteiger partial charge in [0.05, 0.1) is 23.8 Å². The van der Waals surface area contributed by atoms with Gasteiger partial charge in [0.15, 0.2) is 5.78 Å². The first-order valence-corrected chi connectivity index (χ1v) is 10.6. The maximum atomic E-state index is 13.0. The van der Waals surface area contributed by atoms with Crippen molar-refractivity contribution in [3.05, 3.63) is 89.3 Å². The molecular weight excluding hydrogens is 445 g/mol. The van der Waals surface area contributed by atoms with Crippen molar-refractivity contribution in [1.82, 2.24) is 4.57 Å². The Morgan fingerprint density at radius 1 is 1.03 bits per heavy atom. The van der Waals surface area contributed by atoms with E-state index in [0.29, 0.717) is 24.8 Å². The Balaban J connectivity index is 2.07. The van der Waals surface area contributed by atoms with Gasteiger partial charge >= 0.3 is 5.97 Å². The molecule has 3 aromatic rings. The lowest BCUT2D eigenvalue weighted by molar-refractivity contribution is -0.135. The largest absolute Gasteiger partial charge is 0.463 e. The summed E-state index contributed by atoms with van der Waals surface area (Å²) in [5.74, 6) is -0.854. The molecule has 0 radical (unpaired) electrons. The number of halogens is 2. The van der Waals surface area contributed by atoms with Crippen molar-refractivity contribution in [2.75, 3.05) is 6.61 Å². The number of hydrogen-bond donors (Lipinski definition) is 0. The van der Waals surface area contributed by atoms with Gasteiger partial charge in [0.25, 0.3) is 5.56 Å². The van der Waals surface area contributed by atoms with Crippen molar-refractivity contribution >= 4 is 58.4 Å². The summed E-state index contributed by atoms with van der Waals surface area (Å²) in [6, 6.07) is 13.4. The fraction of sp³-hybridized carbons (Fsp3) is 0.136. The number of Topliss-reactive ketones (excluding diaryl/α,β-unsaturated/α-hetero) is 1. The Morgan fingerprint density at radius 3 is 2.23 bits per heavy atom. The highest BCUT2D eigenvalue weighted by Gasteiger charge is 2.13. The molecule has 0 aliphatic rings. The summed E-state index contributed by atoms with van der Waals surface area (Å²) >= 11 is 12.9. The molecule has 0 amide bonds. The van der Waals surface area contributed by atoms with Gasteiger partial charge in [-0.05, 0) is 55.0 Å². The van der Waals surface area contributed by atoms with Gasteiger partial charge in [0, 0.05) is 15.6 Å². The first-order valence-electron chi connectivity index (χ1n) is 9.01. The Labute approximate surface area is 186 Å². The zero-order valence-corrected chi connectivity index (χ0v) is 18.3. The molecule has 1 aromatic heterocycles. The van der Waals surface area contributed by atoms with Crippen molar-refractivity contribution < 1.29 is 14.3 Å². The van der Waals surface area contributed by atoms with E-state index >= 15 is 0 Å². The minimum atomic E-state index is -0.579. The molecule has 30 heavy (non-hydrogen) atoms. The number of carbonyl (C=O) groups is 2. The summed E-state index contributed by atoms with van der Waals surface area (Å²) in [7, 11) is 0. The van der Waals surface area contributed by atoms with Crippen LogP contribution in [0.4, 0.5) is 0 Å². The first-order chi connectivity index (χ1) is 14.4. The standard InChI is InChI=1S/C22H17Cl2NO4S/c1-2-29-21(27)12-20-25(13-18(26)15-5-9-17(24)10-6-15)22(28)19(30-20)11-14-3-7-16(23)8-4-14/h3-12H,2,13H2,1H3/b19-11+,20-12-. The molecular formula is C22H17Cl2NO4S. The summed E-state index contributed by atoms with van der Waals surface area (Å²) in [5, 5.41) is 1.09. The molecule has 0 aliphatic carbocycles. The number of rotatable bonds is 6.